The van der Waals surface area contributed by atoms with Crippen LogP contribution in [0.1, 0.15) is 11.3 Å². The highest BCUT2D eigenvalue weighted by Gasteiger charge is 2.22. The maximum atomic E-state index is 12.2. The van der Waals surface area contributed by atoms with Crippen LogP contribution in [0.2, 0.25) is 0 Å². The second-order valence-corrected chi connectivity index (χ2v) is 7.20. The third kappa shape index (κ3) is 3.90. The number of furan rings is 1. The molecule has 0 amide bonds. The van der Waals surface area contributed by atoms with Crippen LogP contribution in [0.5, 0.6) is 5.75 Å². The number of methoxy groups -OCH3 is 1. The molecule has 3 aromatic rings. The Balaban J connectivity index is 1.60. The molecular weight excluding hydrogens is 454 g/mol. The van der Waals surface area contributed by atoms with Gasteiger partial charge in [-0.2, -0.15) is 0 Å². The van der Waals surface area contributed by atoms with E-state index in [4.69, 9.17) is 13.9 Å². The van der Waals surface area contributed by atoms with Crippen LogP contribution in [0.25, 0.3) is 23.2 Å². The van der Waals surface area contributed by atoms with E-state index < -0.39 is 10.9 Å². The number of hydrogen-bond donors (Lipinski definition) is 0. The number of hydrogen-bond acceptors (Lipinski definition) is 6. The summed E-state index contributed by atoms with van der Waals surface area (Å²) in [5.74, 6) is 1.64. The van der Waals surface area contributed by atoms with Crippen molar-refractivity contribution in [3.05, 3.63) is 92.2 Å². The van der Waals surface area contributed by atoms with Crippen LogP contribution >= 0.6 is 15.9 Å². The fraction of sp³-hybridized carbons (Fsp3) is 0.0455. The third-order valence-electron chi connectivity index (χ3n) is 4.45. The van der Waals surface area contributed by atoms with Gasteiger partial charge in [-0.05, 0) is 70.5 Å². The minimum absolute atomic E-state index is 0.0237. The van der Waals surface area contributed by atoms with Crippen molar-refractivity contribution in [3.63, 3.8) is 0 Å². The molecule has 1 aliphatic heterocycles. The average Bonchev–Trinajstić information content (AvgIpc) is 3.35. The monoisotopic (exact) mass is 467 g/mol. The molecule has 0 aliphatic carbocycles. The van der Waals surface area contributed by atoms with Crippen molar-refractivity contribution in [2.75, 3.05) is 7.11 Å². The number of carbonyl (C=O) groups is 1. The van der Waals surface area contributed by atoms with Gasteiger partial charge in [-0.3, -0.25) is 10.1 Å². The summed E-state index contributed by atoms with van der Waals surface area (Å²) in [5, 5.41) is 10.9. The van der Waals surface area contributed by atoms with Gasteiger partial charge in [0.1, 0.15) is 23.0 Å². The number of ether oxygens (including phenoxy) is 2. The van der Waals surface area contributed by atoms with E-state index in [1.54, 1.807) is 61.7 Å². The highest BCUT2D eigenvalue weighted by molar-refractivity contribution is 9.10. The van der Waals surface area contributed by atoms with Crippen LogP contribution in [-0.4, -0.2) is 18.0 Å². The molecule has 0 N–H and O–H groups in total. The number of benzene rings is 2. The largest absolute Gasteiger partial charge is 0.497 e. The Labute approximate surface area is 179 Å². The van der Waals surface area contributed by atoms with Crippen molar-refractivity contribution in [1.82, 2.24) is 0 Å². The molecule has 1 aliphatic rings. The van der Waals surface area contributed by atoms with E-state index in [-0.39, 0.29) is 5.69 Å². The summed E-state index contributed by atoms with van der Waals surface area (Å²) in [6, 6.07) is 15.0. The van der Waals surface area contributed by atoms with Gasteiger partial charge in [-0.15, -0.1) is 0 Å². The molecule has 1 aromatic heterocycles. The van der Waals surface area contributed by atoms with Crippen molar-refractivity contribution in [3.8, 4) is 17.1 Å². The fourth-order valence-electron chi connectivity index (χ4n) is 2.93. The number of rotatable bonds is 5. The van der Waals surface area contributed by atoms with E-state index in [9.17, 15) is 14.9 Å². The van der Waals surface area contributed by atoms with E-state index in [0.29, 0.717) is 38.6 Å². The maximum absolute atomic E-state index is 12.2. The van der Waals surface area contributed by atoms with Gasteiger partial charge in [-0.1, -0.05) is 0 Å². The molecule has 0 unspecified atom stereocenters. The minimum Gasteiger partial charge on any atom is -0.497 e. The molecule has 0 saturated heterocycles. The molecule has 2 heterocycles. The van der Waals surface area contributed by atoms with E-state index >= 15 is 0 Å². The minimum atomic E-state index is -0.477. The number of carbonyl (C=O) groups excluding carboxylic acids is 1. The molecule has 0 bridgehead atoms. The first kappa shape index (κ1) is 19.7. The predicted octanol–water partition coefficient (Wildman–Crippen LogP) is 5.61. The summed E-state index contributed by atoms with van der Waals surface area (Å²) >= 11 is 3.33. The summed E-state index contributed by atoms with van der Waals surface area (Å²) in [6.07, 6.45) is 3.23. The molecular formula is C22H14BrNO6. The Hall–Kier alpha value is -3.65. The van der Waals surface area contributed by atoms with Crippen molar-refractivity contribution >= 4 is 39.4 Å². The van der Waals surface area contributed by atoms with Crippen LogP contribution in [-0.2, 0) is 9.53 Å². The van der Waals surface area contributed by atoms with E-state index in [0.717, 1.165) is 5.56 Å². The quantitative estimate of drug-likeness (QED) is 0.209. The standard InChI is InChI=1S/C22H14BrNO6/c1-28-16-5-2-13(3-6-16)21-11-14(22(25)30-21)10-17-7-9-20(29-17)18-8-4-15(24(26)27)12-19(18)23/h2-12H,1H3/b14-10-. The zero-order chi connectivity index (χ0) is 21.3. The molecule has 4 rings (SSSR count). The lowest BCUT2D eigenvalue weighted by molar-refractivity contribution is -0.384. The number of nitro benzene ring substituents is 1. The molecule has 150 valence electrons. The number of esters is 1. The molecule has 7 nitrogen and oxygen atoms in total. The molecule has 2 aromatic carbocycles. The van der Waals surface area contributed by atoms with Gasteiger partial charge in [-0.25, -0.2) is 4.79 Å². The Morgan fingerprint density at radius 2 is 1.87 bits per heavy atom. The summed E-state index contributed by atoms with van der Waals surface area (Å²) < 4.78 is 16.8. The molecule has 30 heavy (non-hydrogen) atoms. The van der Waals surface area contributed by atoms with Gasteiger partial charge in [0.25, 0.3) is 5.69 Å². The summed E-state index contributed by atoms with van der Waals surface area (Å²) in [6.45, 7) is 0. The lowest BCUT2D eigenvalue weighted by Gasteiger charge is -2.03. The first-order valence-electron chi connectivity index (χ1n) is 8.79. The smallest absolute Gasteiger partial charge is 0.343 e. The van der Waals surface area contributed by atoms with Gasteiger partial charge >= 0.3 is 5.97 Å². The van der Waals surface area contributed by atoms with Crippen LogP contribution in [0.4, 0.5) is 5.69 Å². The van der Waals surface area contributed by atoms with Crippen molar-refractivity contribution in [1.29, 1.82) is 0 Å². The summed E-state index contributed by atoms with van der Waals surface area (Å²) in [4.78, 5) is 22.7. The maximum Gasteiger partial charge on any atom is 0.343 e. The lowest BCUT2D eigenvalue weighted by Crippen LogP contribution is -1.97. The summed E-state index contributed by atoms with van der Waals surface area (Å²) in [5.41, 5.74) is 1.74. The number of nitro groups is 1. The number of non-ortho nitro benzene ring substituents is 1. The van der Waals surface area contributed by atoms with Crippen molar-refractivity contribution in [2.24, 2.45) is 0 Å². The second kappa shape index (κ2) is 8.00. The average molecular weight is 468 g/mol. The molecule has 0 atom stereocenters. The molecule has 0 fully saturated rings. The topological polar surface area (TPSA) is 91.8 Å². The fourth-order valence-corrected chi connectivity index (χ4v) is 3.49. The molecule has 8 heteroatoms. The van der Waals surface area contributed by atoms with Gasteiger partial charge in [0.15, 0.2) is 0 Å². The Kier molecular flexibility index (Phi) is 5.24. The number of halogens is 1. The number of nitrogens with zero attached hydrogens (tertiary/aromatic N) is 1. The SMILES string of the molecule is COc1ccc(C2=C/C(=C/c3ccc(-c4ccc([N+](=O)[O-])cc4Br)o3)C(=O)O2)cc1. The summed E-state index contributed by atoms with van der Waals surface area (Å²) in [7, 11) is 1.58. The van der Waals surface area contributed by atoms with Gasteiger partial charge in [0.05, 0.1) is 17.6 Å². The van der Waals surface area contributed by atoms with E-state index in [1.807, 2.05) is 0 Å². The van der Waals surface area contributed by atoms with Crippen LogP contribution in [0.15, 0.2) is 75.1 Å². The first-order chi connectivity index (χ1) is 14.4. The molecule has 0 spiro atoms. The Morgan fingerprint density at radius 1 is 1.10 bits per heavy atom. The van der Waals surface area contributed by atoms with Crippen LogP contribution < -0.4 is 4.74 Å². The van der Waals surface area contributed by atoms with Gasteiger partial charge in [0, 0.05) is 27.7 Å². The van der Waals surface area contributed by atoms with E-state index in [2.05, 4.69) is 15.9 Å². The number of cyclic esters (lactones) is 1. The van der Waals surface area contributed by atoms with Crippen LogP contribution in [0.3, 0.4) is 0 Å². The highest BCUT2D eigenvalue weighted by Crippen LogP contribution is 2.34. The third-order valence-corrected chi connectivity index (χ3v) is 5.11. The second-order valence-electron chi connectivity index (χ2n) is 6.35. The normalized spacial score (nSPS) is 14.5. The van der Waals surface area contributed by atoms with Crippen LogP contribution in [0, 0.1) is 10.1 Å². The van der Waals surface area contributed by atoms with Crippen molar-refractivity contribution < 1.29 is 23.6 Å². The zero-order valence-electron chi connectivity index (χ0n) is 15.6. The highest BCUT2D eigenvalue weighted by atomic mass is 79.9. The van der Waals surface area contributed by atoms with Gasteiger partial charge in [0.2, 0.25) is 0 Å². The van der Waals surface area contributed by atoms with Gasteiger partial charge < -0.3 is 13.9 Å². The predicted molar refractivity (Wildman–Crippen MR) is 114 cm³/mol. The Morgan fingerprint density at radius 3 is 2.53 bits per heavy atom. The lowest BCUT2D eigenvalue weighted by atomic mass is 10.1. The van der Waals surface area contributed by atoms with E-state index in [1.165, 1.54) is 12.1 Å². The van der Waals surface area contributed by atoms with Crippen molar-refractivity contribution in [2.45, 2.75) is 0 Å². The molecule has 0 saturated carbocycles. The first-order valence-corrected chi connectivity index (χ1v) is 9.58. The molecule has 0 radical (unpaired) electrons. The Bertz CT molecular complexity index is 1210. The zero-order valence-corrected chi connectivity index (χ0v) is 17.2.